The van der Waals surface area contributed by atoms with Crippen molar-refractivity contribution in [2.75, 3.05) is 7.11 Å². The molecule has 7 heteroatoms. The molecule has 1 atom stereocenters. The van der Waals surface area contributed by atoms with Gasteiger partial charge in [-0.2, -0.15) is 0 Å². The van der Waals surface area contributed by atoms with Gasteiger partial charge >= 0.3 is 0 Å². The lowest BCUT2D eigenvalue weighted by Gasteiger charge is -2.20. The first-order chi connectivity index (χ1) is 13.2. The molecule has 2 N–H and O–H groups in total. The van der Waals surface area contributed by atoms with Crippen LogP contribution in [0.1, 0.15) is 27.8 Å². The molecule has 2 aromatic heterocycles. The summed E-state index contributed by atoms with van der Waals surface area (Å²) in [6.07, 6.45) is 5.18. The minimum Gasteiger partial charge on any atom is -0.497 e. The summed E-state index contributed by atoms with van der Waals surface area (Å²) in [5.74, 6) is 1.27. The number of imidazole rings is 2. The number of methoxy groups -OCH3 is 1. The van der Waals surface area contributed by atoms with Gasteiger partial charge in [0.25, 0.3) is 5.91 Å². The second-order valence-electron chi connectivity index (χ2n) is 6.21. The molecule has 0 aliphatic rings. The maximum atomic E-state index is 12.9. The molecule has 0 bridgehead atoms. The number of fused-ring (bicyclic) bond motifs is 1. The lowest BCUT2D eigenvalue weighted by atomic mass is 10.0. The van der Waals surface area contributed by atoms with Gasteiger partial charge < -0.3 is 19.6 Å². The van der Waals surface area contributed by atoms with Crippen LogP contribution in [0.4, 0.5) is 0 Å². The van der Waals surface area contributed by atoms with E-state index in [1.165, 1.54) is 0 Å². The molecule has 0 fully saturated rings. The maximum Gasteiger partial charge on any atom is 0.252 e. The van der Waals surface area contributed by atoms with E-state index in [0.29, 0.717) is 5.56 Å². The van der Waals surface area contributed by atoms with Crippen molar-refractivity contribution in [3.05, 3.63) is 78.1 Å². The van der Waals surface area contributed by atoms with Crippen molar-refractivity contribution in [3.63, 3.8) is 0 Å². The zero-order chi connectivity index (χ0) is 18.8. The van der Waals surface area contributed by atoms with Crippen LogP contribution in [0.25, 0.3) is 11.0 Å². The molecule has 2 heterocycles. The maximum absolute atomic E-state index is 12.9. The molecule has 0 aliphatic heterocycles. The smallest absolute Gasteiger partial charge is 0.252 e. The Labute approximate surface area is 156 Å². The van der Waals surface area contributed by atoms with Crippen LogP contribution in [0.2, 0.25) is 0 Å². The lowest BCUT2D eigenvalue weighted by molar-refractivity contribution is 0.0941. The van der Waals surface area contributed by atoms with Gasteiger partial charge in [-0.05, 0) is 35.9 Å². The average Bonchev–Trinajstić information content (AvgIpc) is 3.34. The number of aromatic nitrogens is 4. The predicted octanol–water partition coefficient (Wildman–Crippen LogP) is 2.82. The van der Waals surface area contributed by atoms with Crippen LogP contribution < -0.4 is 10.1 Å². The number of carbonyl (C=O) groups excluding carboxylic acids is 1. The second kappa shape index (κ2) is 6.95. The Balaban J connectivity index is 1.70. The number of benzene rings is 2. The van der Waals surface area contributed by atoms with E-state index >= 15 is 0 Å². The lowest BCUT2D eigenvalue weighted by Crippen LogP contribution is -2.31. The molecule has 2 aromatic carbocycles. The van der Waals surface area contributed by atoms with Crippen LogP contribution in [0, 0.1) is 0 Å². The number of ether oxygens (including phenoxy) is 1. The fraction of sp³-hybridized carbons (Fsp3) is 0.150. The van der Waals surface area contributed by atoms with Crippen LogP contribution in [-0.4, -0.2) is 32.5 Å². The molecule has 136 valence electrons. The number of amides is 1. The van der Waals surface area contributed by atoms with Gasteiger partial charge in [-0.1, -0.05) is 12.1 Å². The first-order valence-electron chi connectivity index (χ1n) is 8.51. The second-order valence-corrected chi connectivity index (χ2v) is 6.21. The van der Waals surface area contributed by atoms with Crippen molar-refractivity contribution < 1.29 is 9.53 Å². The summed E-state index contributed by atoms with van der Waals surface area (Å²) in [4.78, 5) is 24.6. The Morgan fingerprint density at radius 2 is 2.11 bits per heavy atom. The summed E-state index contributed by atoms with van der Waals surface area (Å²) in [5, 5.41) is 3.09. The number of hydrogen-bond acceptors (Lipinski definition) is 4. The number of nitrogens with zero attached hydrogens (tertiary/aromatic N) is 3. The average molecular weight is 361 g/mol. The Hall–Kier alpha value is -3.61. The third-order valence-corrected chi connectivity index (χ3v) is 4.50. The summed E-state index contributed by atoms with van der Waals surface area (Å²) in [6.45, 7) is 0. The summed E-state index contributed by atoms with van der Waals surface area (Å²) in [5.41, 5.74) is 3.08. The topological polar surface area (TPSA) is 84.8 Å². The SMILES string of the molecule is COc1cccc([C@H](NC(=O)c2ccc3nc[nH]c3c2)c2nccn2C)c1. The molecule has 0 radical (unpaired) electrons. The van der Waals surface area contributed by atoms with Crippen LogP contribution in [0.5, 0.6) is 5.75 Å². The van der Waals surface area contributed by atoms with Crippen molar-refractivity contribution in [3.8, 4) is 5.75 Å². The molecule has 0 unspecified atom stereocenters. The fourth-order valence-corrected chi connectivity index (χ4v) is 3.06. The van der Waals surface area contributed by atoms with E-state index in [-0.39, 0.29) is 5.91 Å². The van der Waals surface area contributed by atoms with Crippen LogP contribution in [0.15, 0.2) is 61.2 Å². The van der Waals surface area contributed by atoms with Gasteiger partial charge in [-0.25, -0.2) is 9.97 Å². The van der Waals surface area contributed by atoms with Gasteiger partial charge in [-0.3, -0.25) is 4.79 Å². The van der Waals surface area contributed by atoms with Crippen LogP contribution in [0.3, 0.4) is 0 Å². The van der Waals surface area contributed by atoms with E-state index in [4.69, 9.17) is 4.74 Å². The zero-order valence-corrected chi connectivity index (χ0v) is 15.0. The third-order valence-electron chi connectivity index (χ3n) is 4.50. The van der Waals surface area contributed by atoms with E-state index in [9.17, 15) is 4.79 Å². The zero-order valence-electron chi connectivity index (χ0n) is 15.0. The summed E-state index contributed by atoms with van der Waals surface area (Å²) < 4.78 is 7.22. The first kappa shape index (κ1) is 16.8. The Morgan fingerprint density at radius 3 is 2.89 bits per heavy atom. The summed E-state index contributed by atoms with van der Waals surface area (Å²) in [7, 11) is 3.52. The Bertz CT molecular complexity index is 1100. The molecule has 1 amide bonds. The van der Waals surface area contributed by atoms with E-state index in [1.54, 1.807) is 31.8 Å². The van der Waals surface area contributed by atoms with E-state index in [1.807, 2.05) is 48.1 Å². The minimum atomic E-state index is -0.412. The molecule has 4 aromatic rings. The molecular weight excluding hydrogens is 342 g/mol. The van der Waals surface area contributed by atoms with Crippen molar-refractivity contribution in [2.45, 2.75) is 6.04 Å². The molecule has 0 spiro atoms. The Morgan fingerprint density at radius 1 is 1.22 bits per heavy atom. The number of nitrogens with one attached hydrogen (secondary N) is 2. The highest BCUT2D eigenvalue weighted by atomic mass is 16.5. The highest BCUT2D eigenvalue weighted by Gasteiger charge is 2.22. The van der Waals surface area contributed by atoms with Crippen molar-refractivity contribution in [1.82, 2.24) is 24.8 Å². The number of carbonyl (C=O) groups is 1. The third kappa shape index (κ3) is 3.27. The Kier molecular flexibility index (Phi) is 4.33. The van der Waals surface area contributed by atoms with Crippen molar-refractivity contribution in [1.29, 1.82) is 0 Å². The number of aromatic amines is 1. The molecule has 0 saturated carbocycles. The highest BCUT2D eigenvalue weighted by Crippen LogP contribution is 2.25. The highest BCUT2D eigenvalue weighted by molar-refractivity contribution is 5.97. The summed E-state index contributed by atoms with van der Waals surface area (Å²) >= 11 is 0. The van der Waals surface area contributed by atoms with E-state index in [0.717, 1.165) is 28.2 Å². The molecular formula is C20H19N5O2. The first-order valence-corrected chi connectivity index (χ1v) is 8.51. The van der Waals surface area contributed by atoms with E-state index < -0.39 is 6.04 Å². The van der Waals surface area contributed by atoms with Crippen LogP contribution >= 0.6 is 0 Å². The van der Waals surface area contributed by atoms with Crippen LogP contribution in [-0.2, 0) is 7.05 Å². The molecule has 7 nitrogen and oxygen atoms in total. The molecule has 0 aliphatic carbocycles. The van der Waals surface area contributed by atoms with Gasteiger partial charge in [0, 0.05) is 25.0 Å². The van der Waals surface area contributed by atoms with Gasteiger partial charge in [0.1, 0.15) is 17.6 Å². The quantitative estimate of drug-likeness (QED) is 0.572. The van der Waals surface area contributed by atoms with Gasteiger partial charge in [-0.15, -0.1) is 0 Å². The summed E-state index contributed by atoms with van der Waals surface area (Å²) in [6, 6.07) is 12.6. The number of hydrogen-bond donors (Lipinski definition) is 2. The molecule has 27 heavy (non-hydrogen) atoms. The molecule has 0 saturated heterocycles. The normalized spacial score (nSPS) is 12.1. The number of aryl methyl sites for hydroxylation is 1. The molecule has 4 rings (SSSR count). The largest absolute Gasteiger partial charge is 0.497 e. The predicted molar refractivity (Wildman–Crippen MR) is 102 cm³/mol. The standard InChI is InChI=1S/C20H19N5O2/c1-25-9-8-21-19(25)18(13-4-3-5-15(10-13)27-2)24-20(26)14-6-7-16-17(11-14)23-12-22-16/h3-12,18H,1-2H3,(H,22,23)(H,24,26)/t18-/m0/s1. The van der Waals surface area contributed by atoms with Crippen molar-refractivity contribution in [2.24, 2.45) is 7.05 Å². The van der Waals surface area contributed by atoms with Crippen molar-refractivity contribution >= 4 is 16.9 Å². The van der Waals surface area contributed by atoms with Gasteiger partial charge in [0.2, 0.25) is 0 Å². The van der Waals surface area contributed by atoms with E-state index in [2.05, 4.69) is 20.3 Å². The number of rotatable bonds is 5. The fourth-order valence-electron chi connectivity index (χ4n) is 3.06. The number of H-pyrrole nitrogens is 1. The minimum absolute atomic E-state index is 0.192. The van der Waals surface area contributed by atoms with Gasteiger partial charge in [0.05, 0.1) is 24.5 Å². The monoisotopic (exact) mass is 361 g/mol. The van der Waals surface area contributed by atoms with Gasteiger partial charge in [0.15, 0.2) is 0 Å².